The van der Waals surface area contributed by atoms with E-state index in [0.717, 1.165) is 25.7 Å². The molecule has 0 aliphatic carbocycles. The number of aromatic amines is 1. The summed E-state index contributed by atoms with van der Waals surface area (Å²) in [7, 11) is 0. The molecule has 0 fully saturated rings. The first-order valence-corrected chi connectivity index (χ1v) is 9.89. The molecule has 13 heteroatoms. The fraction of sp³-hybridized carbons (Fsp3) is 0.667. The van der Waals surface area contributed by atoms with Crippen LogP contribution in [0.1, 0.15) is 44.2 Å². The molecule has 0 aliphatic rings. The van der Waals surface area contributed by atoms with E-state index < -0.39 is 36.0 Å². The lowest BCUT2D eigenvalue weighted by atomic mass is 10.1. The van der Waals surface area contributed by atoms with Crippen LogP contribution >= 0.6 is 0 Å². The van der Waals surface area contributed by atoms with Gasteiger partial charge >= 0.3 is 17.9 Å². The van der Waals surface area contributed by atoms with Gasteiger partial charge in [0.1, 0.15) is 18.1 Å². The number of hydrogen-bond acceptors (Lipinski definition) is 9. The Bertz CT molecular complexity index is 574. The van der Waals surface area contributed by atoms with Gasteiger partial charge < -0.3 is 49.0 Å². The van der Waals surface area contributed by atoms with E-state index in [-0.39, 0.29) is 6.42 Å². The third-order valence-corrected chi connectivity index (χ3v) is 3.87. The highest BCUT2D eigenvalue weighted by atomic mass is 16.4. The molecule has 0 saturated heterocycles. The zero-order valence-corrected chi connectivity index (χ0v) is 17.7. The molecule has 1 aromatic rings. The van der Waals surface area contributed by atoms with Gasteiger partial charge in [-0.25, -0.2) is 4.98 Å². The Morgan fingerprint density at radius 3 is 1.52 bits per heavy atom. The number of aliphatic carboxylic acids is 3. The summed E-state index contributed by atoms with van der Waals surface area (Å²) in [4.78, 5) is 37.1. The molecule has 0 bridgehead atoms. The second-order valence-electron chi connectivity index (χ2n) is 6.67. The van der Waals surface area contributed by atoms with Crippen LogP contribution in [-0.2, 0) is 20.8 Å². The third kappa shape index (κ3) is 19.1. The van der Waals surface area contributed by atoms with E-state index in [1.807, 2.05) is 0 Å². The van der Waals surface area contributed by atoms with Crippen molar-refractivity contribution in [2.24, 2.45) is 28.7 Å². The maximum Gasteiger partial charge on any atom is 0.320 e. The Balaban J connectivity index is 0. The molecular weight excluding hydrogens is 410 g/mol. The van der Waals surface area contributed by atoms with E-state index in [2.05, 4.69) is 9.97 Å². The summed E-state index contributed by atoms with van der Waals surface area (Å²) in [5.41, 5.74) is 26.8. The summed E-state index contributed by atoms with van der Waals surface area (Å²) in [6.07, 6.45) is 7.71. The monoisotopic (exact) mass is 447 g/mol. The van der Waals surface area contributed by atoms with Crippen LogP contribution in [-0.4, -0.2) is 74.4 Å². The Morgan fingerprint density at radius 1 is 0.806 bits per heavy atom. The minimum atomic E-state index is -1.01. The second-order valence-corrected chi connectivity index (χ2v) is 6.67. The van der Waals surface area contributed by atoms with Crippen molar-refractivity contribution >= 4 is 17.9 Å². The highest BCUT2D eigenvalue weighted by molar-refractivity contribution is 5.73. The van der Waals surface area contributed by atoms with Crippen LogP contribution in [0.3, 0.4) is 0 Å². The molecule has 0 radical (unpaired) electrons. The Morgan fingerprint density at radius 2 is 1.23 bits per heavy atom. The lowest BCUT2D eigenvalue weighted by Gasteiger charge is -2.03. The van der Waals surface area contributed by atoms with Gasteiger partial charge in [-0.3, -0.25) is 14.4 Å². The van der Waals surface area contributed by atoms with Gasteiger partial charge in [-0.1, -0.05) is 12.8 Å². The number of rotatable bonds is 13. The second kappa shape index (κ2) is 19.4. The summed E-state index contributed by atoms with van der Waals surface area (Å²) in [5, 5.41) is 25.1. The van der Waals surface area contributed by atoms with Gasteiger partial charge in [0.25, 0.3) is 0 Å². The van der Waals surface area contributed by atoms with Crippen molar-refractivity contribution in [3.63, 3.8) is 0 Å². The molecule has 31 heavy (non-hydrogen) atoms. The number of carbonyl (C=O) groups is 3. The molecule has 0 aliphatic heterocycles. The highest BCUT2D eigenvalue weighted by Gasteiger charge is 2.12. The molecule has 0 saturated carbocycles. The summed E-state index contributed by atoms with van der Waals surface area (Å²) in [6.45, 7) is 1.21. The number of nitrogens with two attached hydrogens (primary N) is 5. The topological polar surface area (TPSA) is 271 Å². The van der Waals surface area contributed by atoms with Crippen molar-refractivity contribution in [2.75, 3.05) is 13.1 Å². The van der Waals surface area contributed by atoms with Crippen LogP contribution in [0.2, 0.25) is 0 Å². The van der Waals surface area contributed by atoms with E-state index >= 15 is 0 Å². The van der Waals surface area contributed by atoms with Gasteiger partial charge in [0, 0.05) is 12.6 Å². The van der Waals surface area contributed by atoms with Crippen LogP contribution in [0.5, 0.6) is 0 Å². The third-order valence-electron chi connectivity index (χ3n) is 3.87. The zero-order valence-electron chi connectivity index (χ0n) is 17.7. The summed E-state index contributed by atoms with van der Waals surface area (Å²) >= 11 is 0. The SMILES string of the molecule is NCCCC[C@H](N)C(=O)O.NCCCC[C@H](N)C(=O)O.N[C@@H](Cc1c[nH]cn1)C(=O)O. The summed E-state index contributed by atoms with van der Waals surface area (Å²) in [6, 6.07) is -2.30. The Labute approximate surface area is 181 Å². The number of aromatic nitrogens is 2. The quantitative estimate of drug-likeness (QED) is 0.155. The van der Waals surface area contributed by atoms with Gasteiger partial charge in [-0.15, -0.1) is 0 Å². The first kappa shape index (κ1) is 30.6. The zero-order chi connectivity index (χ0) is 24.2. The average molecular weight is 448 g/mol. The molecule has 0 unspecified atom stereocenters. The molecule has 1 heterocycles. The molecule has 0 amide bonds. The maximum absolute atomic E-state index is 10.3. The van der Waals surface area contributed by atoms with E-state index in [0.29, 0.717) is 31.6 Å². The summed E-state index contributed by atoms with van der Waals surface area (Å²) < 4.78 is 0. The highest BCUT2D eigenvalue weighted by Crippen LogP contribution is 1.98. The lowest BCUT2D eigenvalue weighted by Crippen LogP contribution is -2.32. The van der Waals surface area contributed by atoms with Crippen molar-refractivity contribution in [3.8, 4) is 0 Å². The molecular formula is C18H37N7O6. The molecule has 0 aromatic carbocycles. The molecule has 1 aromatic heterocycles. The van der Waals surface area contributed by atoms with Crippen molar-refractivity contribution < 1.29 is 29.7 Å². The molecule has 13 nitrogen and oxygen atoms in total. The fourth-order valence-corrected chi connectivity index (χ4v) is 1.98. The van der Waals surface area contributed by atoms with Gasteiger partial charge in [0.05, 0.1) is 12.0 Å². The van der Waals surface area contributed by atoms with Crippen LogP contribution in [0.4, 0.5) is 0 Å². The van der Waals surface area contributed by atoms with E-state index in [9.17, 15) is 14.4 Å². The number of imidazole rings is 1. The predicted octanol–water partition coefficient (Wildman–Crippen LogP) is -1.58. The van der Waals surface area contributed by atoms with Crippen molar-refractivity contribution in [3.05, 3.63) is 18.2 Å². The molecule has 3 atom stereocenters. The van der Waals surface area contributed by atoms with Gasteiger partial charge in [0.2, 0.25) is 0 Å². The predicted molar refractivity (Wildman–Crippen MR) is 115 cm³/mol. The first-order chi connectivity index (χ1) is 14.6. The van der Waals surface area contributed by atoms with Gasteiger partial charge in [-0.05, 0) is 38.8 Å². The Kier molecular flexibility index (Phi) is 19.1. The number of H-pyrrole nitrogens is 1. The molecule has 1 rings (SSSR count). The van der Waals surface area contributed by atoms with Gasteiger partial charge in [-0.2, -0.15) is 0 Å². The van der Waals surface area contributed by atoms with E-state index in [1.165, 1.54) is 6.33 Å². The minimum Gasteiger partial charge on any atom is -0.480 e. The van der Waals surface area contributed by atoms with E-state index in [1.54, 1.807) is 6.20 Å². The van der Waals surface area contributed by atoms with Crippen molar-refractivity contribution in [1.82, 2.24) is 9.97 Å². The number of unbranched alkanes of at least 4 members (excludes halogenated alkanes) is 2. The number of nitrogens with zero attached hydrogens (tertiary/aromatic N) is 1. The normalized spacial score (nSPS) is 12.9. The summed E-state index contributed by atoms with van der Waals surface area (Å²) in [5.74, 6) is -2.87. The number of hydrogen-bond donors (Lipinski definition) is 9. The number of carboxylic acids is 3. The van der Waals surface area contributed by atoms with Crippen molar-refractivity contribution in [1.29, 1.82) is 0 Å². The minimum absolute atomic E-state index is 0.263. The first-order valence-electron chi connectivity index (χ1n) is 9.89. The van der Waals surface area contributed by atoms with Crippen LogP contribution < -0.4 is 28.7 Å². The molecule has 14 N–H and O–H groups in total. The lowest BCUT2D eigenvalue weighted by molar-refractivity contribution is -0.139. The molecule has 180 valence electrons. The van der Waals surface area contributed by atoms with Crippen LogP contribution in [0.15, 0.2) is 12.5 Å². The smallest absolute Gasteiger partial charge is 0.320 e. The maximum atomic E-state index is 10.3. The largest absolute Gasteiger partial charge is 0.480 e. The fourth-order valence-electron chi connectivity index (χ4n) is 1.98. The Hall–Kier alpha value is -2.58. The average Bonchev–Trinajstić information content (AvgIpc) is 3.22. The van der Waals surface area contributed by atoms with Crippen LogP contribution in [0.25, 0.3) is 0 Å². The van der Waals surface area contributed by atoms with Crippen LogP contribution in [0, 0.1) is 0 Å². The molecule has 0 spiro atoms. The van der Waals surface area contributed by atoms with Crippen molar-refractivity contribution in [2.45, 2.75) is 63.1 Å². The van der Waals surface area contributed by atoms with E-state index in [4.69, 9.17) is 44.0 Å². The standard InChI is InChI=1S/C6H9N3O2.2C6H14N2O2/c7-5(6(10)11)1-4-2-8-3-9-4;2*7-4-2-1-3-5(8)6(9)10/h2-3,5H,1,7H2,(H,8,9)(H,10,11);2*5H,1-4,7-8H2,(H,9,10)/t3*5-/m000/s1. The number of carboxylic acid groups (broad SMARTS) is 3. The van der Waals surface area contributed by atoms with Gasteiger partial charge in [0.15, 0.2) is 0 Å². The number of nitrogens with one attached hydrogen (secondary N) is 1.